The van der Waals surface area contributed by atoms with Crippen LogP contribution in [0, 0.1) is 0 Å². The van der Waals surface area contributed by atoms with Crippen molar-refractivity contribution in [3.05, 3.63) is 35.9 Å². The minimum atomic E-state index is -0.936. The van der Waals surface area contributed by atoms with E-state index < -0.39 is 11.6 Å². The SMILES string of the molecule is CC1(C)NC(=O)N(CC(=O)c2ccccc2)C1=O. The fourth-order valence-corrected chi connectivity index (χ4v) is 1.82. The average molecular weight is 246 g/mol. The van der Waals surface area contributed by atoms with E-state index in [4.69, 9.17) is 0 Å². The topological polar surface area (TPSA) is 66.5 Å². The molecule has 0 spiro atoms. The second-order valence-corrected chi connectivity index (χ2v) is 4.74. The summed E-state index contributed by atoms with van der Waals surface area (Å²) in [6.07, 6.45) is 0. The van der Waals surface area contributed by atoms with Gasteiger partial charge in [-0.05, 0) is 13.8 Å². The van der Waals surface area contributed by atoms with Gasteiger partial charge < -0.3 is 5.32 Å². The zero-order valence-electron chi connectivity index (χ0n) is 10.3. The third-order valence-electron chi connectivity index (χ3n) is 2.84. The number of imide groups is 1. The molecule has 1 N–H and O–H groups in total. The van der Waals surface area contributed by atoms with E-state index in [-0.39, 0.29) is 18.2 Å². The molecule has 0 aliphatic carbocycles. The third kappa shape index (κ3) is 2.11. The number of nitrogens with one attached hydrogen (secondary N) is 1. The van der Waals surface area contributed by atoms with E-state index in [0.717, 1.165) is 4.90 Å². The number of ketones is 1. The first-order valence-electron chi connectivity index (χ1n) is 5.64. The molecule has 1 aliphatic heterocycles. The van der Waals surface area contributed by atoms with Crippen molar-refractivity contribution in [3.63, 3.8) is 0 Å². The molecule has 0 radical (unpaired) electrons. The maximum Gasteiger partial charge on any atom is 0.325 e. The quantitative estimate of drug-likeness (QED) is 0.643. The normalized spacial score (nSPS) is 17.8. The highest BCUT2D eigenvalue weighted by Gasteiger charge is 2.44. The van der Waals surface area contributed by atoms with Gasteiger partial charge in [0.05, 0.1) is 6.54 Å². The van der Waals surface area contributed by atoms with Crippen LogP contribution in [-0.2, 0) is 4.79 Å². The Morgan fingerprint density at radius 3 is 2.33 bits per heavy atom. The lowest BCUT2D eigenvalue weighted by Crippen LogP contribution is -2.41. The summed E-state index contributed by atoms with van der Waals surface area (Å²) < 4.78 is 0. The Balaban J connectivity index is 2.14. The maximum atomic E-state index is 11.9. The summed E-state index contributed by atoms with van der Waals surface area (Å²) in [6, 6.07) is 8.08. The molecule has 1 aliphatic rings. The van der Waals surface area contributed by atoms with Crippen LogP contribution in [0.15, 0.2) is 30.3 Å². The zero-order chi connectivity index (χ0) is 13.3. The van der Waals surface area contributed by atoms with Gasteiger partial charge in [0, 0.05) is 5.56 Å². The molecule has 2 rings (SSSR count). The zero-order valence-corrected chi connectivity index (χ0v) is 10.3. The molecule has 1 aromatic rings. The van der Waals surface area contributed by atoms with Crippen molar-refractivity contribution in [1.29, 1.82) is 0 Å². The first-order chi connectivity index (χ1) is 8.42. The van der Waals surface area contributed by atoms with E-state index in [1.807, 2.05) is 0 Å². The Kier molecular flexibility index (Phi) is 2.90. The molecular formula is C13H14N2O3. The molecule has 1 aromatic carbocycles. The summed E-state index contributed by atoms with van der Waals surface area (Å²) in [4.78, 5) is 36.4. The third-order valence-corrected chi connectivity index (χ3v) is 2.84. The van der Waals surface area contributed by atoms with E-state index in [0.29, 0.717) is 5.56 Å². The van der Waals surface area contributed by atoms with Gasteiger partial charge in [0.1, 0.15) is 5.54 Å². The first kappa shape index (κ1) is 12.3. The first-order valence-corrected chi connectivity index (χ1v) is 5.64. The van der Waals surface area contributed by atoms with Crippen molar-refractivity contribution < 1.29 is 14.4 Å². The number of carbonyl (C=O) groups is 3. The van der Waals surface area contributed by atoms with E-state index in [1.54, 1.807) is 44.2 Å². The molecule has 1 saturated heterocycles. The van der Waals surface area contributed by atoms with E-state index >= 15 is 0 Å². The van der Waals surface area contributed by atoms with Crippen LogP contribution in [0.2, 0.25) is 0 Å². The van der Waals surface area contributed by atoms with Gasteiger partial charge in [-0.1, -0.05) is 30.3 Å². The van der Waals surface area contributed by atoms with Crippen molar-refractivity contribution in [3.8, 4) is 0 Å². The second kappa shape index (κ2) is 4.25. The smallest absolute Gasteiger partial charge is 0.324 e. The van der Waals surface area contributed by atoms with E-state index in [1.165, 1.54) is 0 Å². The largest absolute Gasteiger partial charge is 0.325 e. The standard InChI is InChI=1S/C13H14N2O3/c1-13(2)11(17)15(12(18)14-13)8-10(16)9-6-4-3-5-7-9/h3-7H,8H2,1-2H3,(H,14,18). The fourth-order valence-electron chi connectivity index (χ4n) is 1.82. The molecule has 5 heteroatoms. The van der Waals surface area contributed by atoms with Crippen LogP contribution in [0.3, 0.4) is 0 Å². The Hall–Kier alpha value is -2.17. The molecule has 0 saturated carbocycles. The van der Waals surface area contributed by atoms with Gasteiger partial charge in [-0.3, -0.25) is 14.5 Å². The van der Waals surface area contributed by atoms with Crippen LogP contribution < -0.4 is 5.32 Å². The number of hydrogen-bond acceptors (Lipinski definition) is 3. The van der Waals surface area contributed by atoms with Crippen LogP contribution in [0.25, 0.3) is 0 Å². The lowest BCUT2D eigenvalue weighted by atomic mass is 10.1. The Labute approximate surface area is 105 Å². The van der Waals surface area contributed by atoms with Crippen LogP contribution in [0.4, 0.5) is 4.79 Å². The summed E-state index contributed by atoms with van der Waals surface area (Å²) in [7, 11) is 0. The number of carbonyl (C=O) groups excluding carboxylic acids is 3. The van der Waals surface area contributed by atoms with Gasteiger partial charge in [-0.15, -0.1) is 0 Å². The van der Waals surface area contributed by atoms with E-state index in [2.05, 4.69) is 5.32 Å². The lowest BCUT2D eigenvalue weighted by molar-refractivity contribution is -0.129. The Morgan fingerprint density at radius 1 is 1.22 bits per heavy atom. The fraction of sp³-hybridized carbons (Fsp3) is 0.308. The van der Waals surface area contributed by atoms with Crippen molar-refractivity contribution >= 4 is 17.7 Å². The number of Topliss-reactive ketones (excluding diaryl/α,β-unsaturated/α-hetero) is 1. The van der Waals surface area contributed by atoms with Crippen LogP contribution >= 0.6 is 0 Å². The van der Waals surface area contributed by atoms with Crippen molar-refractivity contribution in [2.75, 3.05) is 6.54 Å². The monoisotopic (exact) mass is 246 g/mol. The molecule has 1 fully saturated rings. The number of benzene rings is 1. The number of nitrogens with zero attached hydrogens (tertiary/aromatic N) is 1. The van der Waals surface area contributed by atoms with Crippen LogP contribution in [0.5, 0.6) is 0 Å². The Bertz CT molecular complexity index is 508. The minimum Gasteiger partial charge on any atom is -0.324 e. The summed E-state index contributed by atoms with van der Waals surface area (Å²) in [6.45, 7) is 3.00. The van der Waals surface area contributed by atoms with E-state index in [9.17, 15) is 14.4 Å². The molecule has 0 unspecified atom stereocenters. The van der Waals surface area contributed by atoms with Crippen molar-refractivity contribution in [2.24, 2.45) is 0 Å². The van der Waals surface area contributed by atoms with Gasteiger partial charge in [-0.25, -0.2) is 4.79 Å². The molecule has 0 atom stereocenters. The van der Waals surface area contributed by atoms with Crippen LogP contribution in [-0.4, -0.2) is 34.7 Å². The minimum absolute atomic E-state index is 0.224. The predicted molar refractivity (Wildman–Crippen MR) is 65.1 cm³/mol. The molecule has 0 bridgehead atoms. The molecule has 0 aromatic heterocycles. The van der Waals surface area contributed by atoms with Crippen molar-refractivity contribution in [1.82, 2.24) is 10.2 Å². The van der Waals surface area contributed by atoms with Gasteiger partial charge in [0.25, 0.3) is 5.91 Å². The number of rotatable bonds is 3. The molecule has 5 nitrogen and oxygen atoms in total. The highest BCUT2D eigenvalue weighted by atomic mass is 16.2. The summed E-state index contributed by atoms with van der Waals surface area (Å²) in [5, 5.41) is 2.54. The summed E-state index contributed by atoms with van der Waals surface area (Å²) in [5.74, 6) is -0.631. The molecule has 3 amide bonds. The molecule has 1 heterocycles. The predicted octanol–water partition coefficient (Wildman–Crippen LogP) is 1.20. The van der Waals surface area contributed by atoms with Crippen LogP contribution in [0.1, 0.15) is 24.2 Å². The average Bonchev–Trinajstić information content (AvgIpc) is 2.52. The molecule has 18 heavy (non-hydrogen) atoms. The highest BCUT2D eigenvalue weighted by molar-refractivity contribution is 6.10. The number of urea groups is 1. The lowest BCUT2D eigenvalue weighted by Gasteiger charge is -2.15. The highest BCUT2D eigenvalue weighted by Crippen LogP contribution is 2.17. The molecular weight excluding hydrogens is 232 g/mol. The number of amides is 3. The van der Waals surface area contributed by atoms with Gasteiger partial charge in [0.2, 0.25) is 0 Å². The van der Waals surface area contributed by atoms with Crippen molar-refractivity contribution in [2.45, 2.75) is 19.4 Å². The number of hydrogen-bond donors (Lipinski definition) is 1. The van der Waals surface area contributed by atoms with Gasteiger partial charge in [0.15, 0.2) is 5.78 Å². The molecule has 94 valence electrons. The van der Waals surface area contributed by atoms with Gasteiger partial charge >= 0.3 is 6.03 Å². The Morgan fingerprint density at radius 2 is 1.83 bits per heavy atom. The summed E-state index contributed by atoms with van der Waals surface area (Å²) >= 11 is 0. The second-order valence-electron chi connectivity index (χ2n) is 4.74. The maximum absolute atomic E-state index is 11.9. The van der Waals surface area contributed by atoms with Gasteiger partial charge in [-0.2, -0.15) is 0 Å². The summed E-state index contributed by atoms with van der Waals surface area (Å²) in [5.41, 5.74) is -0.448.